The van der Waals surface area contributed by atoms with Crippen molar-refractivity contribution in [3.63, 3.8) is 0 Å². The SMILES string of the molecule is CCNC(CC1CC1)c1ccoc1CC. The lowest BCUT2D eigenvalue weighted by Gasteiger charge is -2.17. The summed E-state index contributed by atoms with van der Waals surface area (Å²) in [5.41, 5.74) is 1.38. The van der Waals surface area contributed by atoms with Crippen LogP contribution in [0.5, 0.6) is 0 Å². The van der Waals surface area contributed by atoms with Crippen molar-refractivity contribution >= 4 is 0 Å². The molecule has 0 amide bonds. The third-order valence-corrected chi connectivity index (χ3v) is 3.19. The van der Waals surface area contributed by atoms with Crippen LogP contribution in [0.4, 0.5) is 0 Å². The van der Waals surface area contributed by atoms with E-state index in [-0.39, 0.29) is 0 Å². The van der Waals surface area contributed by atoms with Crippen molar-refractivity contribution in [2.75, 3.05) is 6.54 Å². The van der Waals surface area contributed by atoms with Gasteiger partial charge >= 0.3 is 0 Å². The van der Waals surface area contributed by atoms with Gasteiger partial charge in [-0.25, -0.2) is 0 Å². The number of rotatable bonds is 6. The zero-order valence-corrected chi connectivity index (χ0v) is 9.75. The molecular formula is C13H21NO. The molecule has 84 valence electrons. The molecule has 1 fully saturated rings. The van der Waals surface area contributed by atoms with E-state index in [9.17, 15) is 0 Å². The van der Waals surface area contributed by atoms with Crippen molar-refractivity contribution in [2.45, 2.75) is 45.6 Å². The Morgan fingerprint density at radius 2 is 2.27 bits per heavy atom. The van der Waals surface area contributed by atoms with Crippen molar-refractivity contribution in [1.29, 1.82) is 0 Å². The first kappa shape index (κ1) is 10.7. The largest absolute Gasteiger partial charge is 0.469 e. The smallest absolute Gasteiger partial charge is 0.108 e. The van der Waals surface area contributed by atoms with Gasteiger partial charge in [0.05, 0.1) is 6.26 Å². The van der Waals surface area contributed by atoms with E-state index < -0.39 is 0 Å². The molecule has 1 atom stereocenters. The lowest BCUT2D eigenvalue weighted by molar-refractivity contribution is 0.460. The highest BCUT2D eigenvalue weighted by atomic mass is 16.3. The fourth-order valence-electron chi connectivity index (χ4n) is 2.20. The third kappa shape index (κ3) is 2.63. The molecule has 1 aromatic rings. The Morgan fingerprint density at radius 3 is 2.87 bits per heavy atom. The van der Waals surface area contributed by atoms with E-state index in [0.717, 1.165) is 24.6 Å². The van der Waals surface area contributed by atoms with Gasteiger partial charge in [-0.3, -0.25) is 0 Å². The minimum atomic E-state index is 0.510. The zero-order valence-electron chi connectivity index (χ0n) is 9.75. The average Bonchev–Trinajstić information content (AvgIpc) is 2.93. The van der Waals surface area contributed by atoms with Crippen molar-refractivity contribution in [3.05, 3.63) is 23.7 Å². The summed E-state index contributed by atoms with van der Waals surface area (Å²) in [6.45, 7) is 5.36. The van der Waals surface area contributed by atoms with Gasteiger partial charge in [0.2, 0.25) is 0 Å². The summed E-state index contributed by atoms with van der Waals surface area (Å²) in [4.78, 5) is 0. The molecule has 0 bridgehead atoms. The molecular weight excluding hydrogens is 186 g/mol. The van der Waals surface area contributed by atoms with Gasteiger partial charge in [-0.05, 0) is 24.9 Å². The number of hydrogen-bond donors (Lipinski definition) is 1. The fraction of sp³-hybridized carbons (Fsp3) is 0.692. The topological polar surface area (TPSA) is 25.2 Å². The molecule has 2 nitrogen and oxygen atoms in total. The molecule has 0 saturated heterocycles. The molecule has 0 radical (unpaired) electrons. The minimum absolute atomic E-state index is 0.510. The summed E-state index contributed by atoms with van der Waals surface area (Å²) in [6.07, 6.45) is 6.93. The van der Waals surface area contributed by atoms with Crippen LogP contribution >= 0.6 is 0 Å². The van der Waals surface area contributed by atoms with Crippen LogP contribution in [-0.2, 0) is 6.42 Å². The molecule has 2 rings (SSSR count). The molecule has 0 aromatic carbocycles. The van der Waals surface area contributed by atoms with Crippen LogP contribution in [0.2, 0.25) is 0 Å². The Kier molecular flexibility index (Phi) is 3.47. The van der Waals surface area contributed by atoms with Crippen LogP contribution in [0.3, 0.4) is 0 Å². The highest BCUT2D eigenvalue weighted by molar-refractivity contribution is 5.21. The monoisotopic (exact) mass is 207 g/mol. The molecule has 0 aliphatic heterocycles. The number of furan rings is 1. The van der Waals surface area contributed by atoms with E-state index >= 15 is 0 Å². The second kappa shape index (κ2) is 4.84. The van der Waals surface area contributed by atoms with Crippen LogP contribution in [0, 0.1) is 5.92 Å². The predicted octanol–water partition coefficient (Wildman–Crippen LogP) is 3.29. The summed E-state index contributed by atoms with van der Waals surface area (Å²) in [5.74, 6) is 2.11. The Labute approximate surface area is 92.1 Å². The lowest BCUT2D eigenvalue weighted by Crippen LogP contribution is -2.21. The second-order valence-corrected chi connectivity index (χ2v) is 4.44. The van der Waals surface area contributed by atoms with E-state index in [1.807, 2.05) is 6.26 Å². The van der Waals surface area contributed by atoms with Gasteiger partial charge in [0.1, 0.15) is 5.76 Å². The van der Waals surface area contributed by atoms with Gasteiger partial charge in [-0.15, -0.1) is 0 Å². The van der Waals surface area contributed by atoms with E-state index in [1.54, 1.807) is 0 Å². The van der Waals surface area contributed by atoms with Crippen LogP contribution in [0.1, 0.15) is 50.5 Å². The maximum Gasteiger partial charge on any atom is 0.108 e. The highest BCUT2D eigenvalue weighted by Gasteiger charge is 2.27. The van der Waals surface area contributed by atoms with Crippen LogP contribution < -0.4 is 5.32 Å². The summed E-state index contributed by atoms with van der Waals surface area (Å²) in [6, 6.07) is 2.64. The van der Waals surface area contributed by atoms with Gasteiger partial charge in [-0.1, -0.05) is 26.7 Å². The maximum atomic E-state index is 5.50. The lowest BCUT2D eigenvalue weighted by atomic mass is 10.0. The van der Waals surface area contributed by atoms with E-state index in [0.29, 0.717) is 6.04 Å². The first-order valence-corrected chi connectivity index (χ1v) is 6.14. The molecule has 1 aliphatic carbocycles. The Balaban J connectivity index is 2.07. The molecule has 1 aliphatic rings. The average molecular weight is 207 g/mol. The molecule has 0 spiro atoms. The van der Waals surface area contributed by atoms with Crippen LogP contribution in [-0.4, -0.2) is 6.54 Å². The fourth-order valence-corrected chi connectivity index (χ4v) is 2.20. The molecule has 1 aromatic heterocycles. The summed E-state index contributed by atoms with van der Waals surface area (Å²) >= 11 is 0. The van der Waals surface area contributed by atoms with Gasteiger partial charge in [0, 0.05) is 18.0 Å². The van der Waals surface area contributed by atoms with Gasteiger partial charge in [0.15, 0.2) is 0 Å². The van der Waals surface area contributed by atoms with Crippen molar-refractivity contribution < 1.29 is 4.42 Å². The maximum absolute atomic E-state index is 5.50. The zero-order chi connectivity index (χ0) is 10.7. The summed E-state index contributed by atoms with van der Waals surface area (Å²) < 4.78 is 5.50. The molecule has 2 heteroatoms. The number of aryl methyl sites for hydroxylation is 1. The quantitative estimate of drug-likeness (QED) is 0.774. The molecule has 1 unspecified atom stereocenters. The molecule has 15 heavy (non-hydrogen) atoms. The van der Waals surface area contributed by atoms with E-state index in [2.05, 4.69) is 25.2 Å². The van der Waals surface area contributed by atoms with Crippen LogP contribution in [0.15, 0.2) is 16.7 Å². The number of hydrogen-bond acceptors (Lipinski definition) is 2. The van der Waals surface area contributed by atoms with Crippen molar-refractivity contribution in [2.24, 2.45) is 5.92 Å². The molecule has 1 N–H and O–H groups in total. The van der Waals surface area contributed by atoms with Crippen LogP contribution in [0.25, 0.3) is 0 Å². The van der Waals surface area contributed by atoms with Crippen molar-refractivity contribution in [3.8, 4) is 0 Å². The molecule has 1 saturated carbocycles. The first-order chi connectivity index (χ1) is 7.35. The molecule has 1 heterocycles. The van der Waals surface area contributed by atoms with E-state index in [1.165, 1.54) is 24.8 Å². The summed E-state index contributed by atoms with van der Waals surface area (Å²) in [5, 5.41) is 3.57. The normalized spacial score (nSPS) is 18.0. The Morgan fingerprint density at radius 1 is 1.47 bits per heavy atom. The van der Waals surface area contributed by atoms with E-state index in [4.69, 9.17) is 4.42 Å². The van der Waals surface area contributed by atoms with Crippen molar-refractivity contribution in [1.82, 2.24) is 5.32 Å². The Hall–Kier alpha value is -0.760. The highest BCUT2D eigenvalue weighted by Crippen LogP contribution is 2.38. The first-order valence-electron chi connectivity index (χ1n) is 6.14. The van der Waals surface area contributed by atoms with Gasteiger partial charge in [-0.2, -0.15) is 0 Å². The number of nitrogens with one attached hydrogen (secondary N) is 1. The Bertz CT molecular complexity index is 301. The second-order valence-electron chi connectivity index (χ2n) is 4.44. The standard InChI is InChI=1S/C13H21NO/c1-3-13-11(7-8-15-13)12(14-4-2)9-10-5-6-10/h7-8,10,12,14H,3-6,9H2,1-2H3. The predicted molar refractivity (Wildman–Crippen MR) is 61.8 cm³/mol. The van der Waals surface area contributed by atoms with Gasteiger partial charge in [0.25, 0.3) is 0 Å². The third-order valence-electron chi connectivity index (χ3n) is 3.19. The minimum Gasteiger partial charge on any atom is -0.469 e. The van der Waals surface area contributed by atoms with Gasteiger partial charge < -0.3 is 9.73 Å². The summed E-state index contributed by atoms with van der Waals surface area (Å²) in [7, 11) is 0.